The van der Waals surface area contributed by atoms with Gasteiger partial charge in [-0.1, -0.05) is 39.6 Å². The van der Waals surface area contributed by atoms with Gasteiger partial charge >= 0.3 is 5.95 Å². The molecule has 116 valence electrons. The lowest BCUT2D eigenvalue weighted by atomic mass is 10.3. The molecule has 0 aliphatic rings. The van der Waals surface area contributed by atoms with E-state index in [9.17, 15) is 10.1 Å². The zero-order valence-corrected chi connectivity index (χ0v) is 13.3. The Morgan fingerprint density at radius 1 is 1.41 bits per heavy atom. The van der Waals surface area contributed by atoms with Crippen LogP contribution in [0.4, 0.5) is 11.6 Å². The number of benzene rings is 1. The first-order chi connectivity index (χ1) is 10.4. The minimum atomic E-state index is -0.735. The minimum Gasteiger partial charge on any atom is -0.390 e. The number of hydrogen-bond donors (Lipinski definition) is 1. The molecule has 1 heterocycles. The normalized spacial score (nSPS) is 11.5. The number of nitrogens with zero attached hydrogens (tertiary/aromatic N) is 6. The van der Waals surface area contributed by atoms with E-state index < -0.39 is 10.9 Å². The summed E-state index contributed by atoms with van der Waals surface area (Å²) in [4.78, 5) is 10.8. The van der Waals surface area contributed by atoms with Crippen molar-refractivity contribution in [3.63, 3.8) is 0 Å². The Kier molecular flexibility index (Phi) is 5.11. The van der Waals surface area contributed by atoms with Crippen molar-refractivity contribution in [1.29, 1.82) is 0 Å². The van der Waals surface area contributed by atoms with Gasteiger partial charge in [0.25, 0.3) is 0 Å². The second-order valence-corrected chi connectivity index (χ2v) is 5.33. The summed E-state index contributed by atoms with van der Waals surface area (Å²) in [6.45, 7) is 1.77. The predicted octanol–water partition coefficient (Wildman–Crippen LogP) is 3.03. The van der Waals surface area contributed by atoms with Gasteiger partial charge in [-0.05, 0) is 24.0 Å². The monoisotopic (exact) mass is 363 g/mol. The van der Waals surface area contributed by atoms with E-state index in [1.165, 1.54) is 12.1 Å². The van der Waals surface area contributed by atoms with Crippen molar-refractivity contribution in [3.8, 4) is 0 Å². The highest BCUT2D eigenvalue weighted by atomic mass is 35.5. The zero-order valence-electron chi connectivity index (χ0n) is 11.0. The molecule has 0 atom stereocenters. The number of halogens is 3. The number of hydrazone groups is 1. The van der Waals surface area contributed by atoms with Crippen molar-refractivity contribution < 1.29 is 4.92 Å². The summed E-state index contributed by atoms with van der Waals surface area (Å²) < 4.78 is 0. The van der Waals surface area contributed by atoms with Gasteiger partial charge in [0, 0.05) is 10.2 Å². The van der Waals surface area contributed by atoms with Crippen LogP contribution in [-0.2, 0) is 6.54 Å². The van der Waals surface area contributed by atoms with E-state index in [1.54, 1.807) is 6.92 Å². The highest BCUT2D eigenvalue weighted by Gasteiger charge is 2.15. The molecule has 0 bridgehead atoms. The first-order valence-electron chi connectivity index (χ1n) is 5.72. The van der Waals surface area contributed by atoms with Gasteiger partial charge < -0.3 is 10.1 Å². The number of tetrazole rings is 1. The second kappa shape index (κ2) is 6.86. The van der Waals surface area contributed by atoms with Crippen LogP contribution in [0.15, 0.2) is 17.2 Å². The number of nitrogens with one attached hydrogen (secondary N) is 1. The van der Waals surface area contributed by atoms with Gasteiger partial charge in [-0.25, -0.2) is 0 Å². The van der Waals surface area contributed by atoms with Gasteiger partial charge in [0.15, 0.2) is 0 Å². The van der Waals surface area contributed by atoms with Gasteiger partial charge in [0.2, 0.25) is 0 Å². The second-order valence-electron chi connectivity index (χ2n) is 4.08. The smallest absolute Gasteiger partial charge is 0.390 e. The summed E-state index contributed by atoms with van der Waals surface area (Å²) in [5, 5.41) is 25.9. The first kappa shape index (κ1) is 16.4. The van der Waals surface area contributed by atoms with Crippen LogP contribution in [0.25, 0.3) is 0 Å². The van der Waals surface area contributed by atoms with Crippen LogP contribution < -0.4 is 5.43 Å². The molecule has 0 aliphatic carbocycles. The maximum Gasteiger partial charge on any atom is 0.514 e. The van der Waals surface area contributed by atoms with E-state index in [2.05, 4.69) is 25.9 Å². The fourth-order valence-electron chi connectivity index (χ4n) is 1.42. The Labute approximate surface area is 139 Å². The fraction of sp³-hybridized carbons (Fsp3) is 0.200. The average Bonchev–Trinajstić information content (AvgIpc) is 2.86. The standard InChI is InChI=1S/C10H8Cl3N7O2/c1-5(4-19-17-10(16-18-19)20(21)22)14-15-9-7(12)2-6(11)3-8(9)13/h2-3,15H,4H2,1H3/b14-5+. The molecule has 0 amide bonds. The summed E-state index contributed by atoms with van der Waals surface area (Å²) in [6, 6.07) is 3.04. The van der Waals surface area contributed by atoms with E-state index in [-0.39, 0.29) is 6.54 Å². The Balaban J connectivity index is 2.08. The van der Waals surface area contributed by atoms with E-state index in [1.807, 2.05) is 0 Å². The van der Waals surface area contributed by atoms with Crippen molar-refractivity contribution in [2.24, 2.45) is 5.10 Å². The van der Waals surface area contributed by atoms with Crippen LogP contribution in [0.3, 0.4) is 0 Å². The molecular weight excluding hydrogens is 357 g/mol. The molecule has 22 heavy (non-hydrogen) atoms. The number of rotatable bonds is 5. The molecule has 0 saturated carbocycles. The van der Waals surface area contributed by atoms with Crippen LogP contribution in [0, 0.1) is 10.1 Å². The van der Waals surface area contributed by atoms with Gasteiger partial charge in [-0.3, -0.25) is 5.43 Å². The van der Waals surface area contributed by atoms with Gasteiger partial charge in [-0.15, -0.1) is 0 Å². The Bertz CT molecular complexity index is 723. The molecule has 0 spiro atoms. The van der Waals surface area contributed by atoms with Crippen molar-refractivity contribution in [2.75, 3.05) is 5.43 Å². The third-order valence-electron chi connectivity index (χ3n) is 2.34. The highest BCUT2D eigenvalue weighted by molar-refractivity contribution is 6.41. The largest absolute Gasteiger partial charge is 0.514 e. The molecule has 2 rings (SSSR count). The van der Waals surface area contributed by atoms with E-state index in [0.717, 1.165) is 4.80 Å². The molecule has 0 radical (unpaired) electrons. The molecule has 0 unspecified atom stereocenters. The molecule has 0 fully saturated rings. The van der Waals surface area contributed by atoms with Crippen molar-refractivity contribution in [1.82, 2.24) is 20.2 Å². The summed E-state index contributed by atoms with van der Waals surface area (Å²) in [7, 11) is 0. The number of hydrogen-bond acceptors (Lipinski definition) is 7. The molecular formula is C10H8Cl3N7O2. The van der Waals surface area contributed by atoms with Crippen molar-refractivity contribution >= 4 is 52.2 Å². The molecule has 0 aliphatic heterocycles. The Morgan fingerprint density at radius 2 is 2.05 bits per heavy atom. The van der Waals surface area contributed by atoms with E-state index in [4.69, 9.17) is 34.8 Å². The molecule has 2 aromatic rings. The van der Waals surface area contributed by atoms with E-state index in [0.29, 0.717) is 26.5 Å². The fourth-order valence-corrected chi connectivity index (χ4v) is 2.32. The molecule has 1 aromatic carbocycles. The average molecular weight is 365 g/mol. The maximum absolute atomic E-state index is 10.5. The minimum absolute atomic E-state index is 0.108. The third kappa shape index (κ3) is 4.03. The number of aromatic nitrogens is 4. The van der Waals surface area contributed by atoms with Crippen LogP contribution in [-0.4, -0.2) is 30.8 Å². The Hall–Kier alpha value is -1.97. The van der Waals surface area contributed by atoms with Gasteiger partial charge in [0.1, 0.15) is 6.54 Å². The lowest BCUT2D eigenvalue weighted by Crippen LogP contribution is -2.12. The first-order valence-corrected chi connectivity index (χ1v) is 6.86. The number of nitro groups is 1. The maximum atomic E-state index is 10.5. The van der Waals surface area contributed by atoms with E-state index >= 15 is 0 Å². The Morgan fingerprint density at radius 3 is 2.59 bits per heavy atom. The van der Waals surface area contributed by atoms with Crippen LogP contribution >= 0.6 is 34.8 Å². The molecule has 1 N–H and O–H groups in total. The molecule has 12 heteroatoms. The summed E-state index contributed by atoms with van der Waals surface area (Å²) in [5.41, 5.74) is 3.62. The number of anilines is 1. The summed E-state index contributed by atoms with van der Waals surface area (Å²) in [6.07, 6.45) is 0. The van der Waals surface area contributed by atoms with Crippen molar-refractivity contribution in [2.45, 2.75) is 13.5 Å². The SMILES string of the molecule is C/C(Cn1nnc([N+](=O)[O-])n1)=N\Nc1c(Cl)cc(Cl)cc1Cl. The van der Waals surface area contributed by atoms with Gasteiger partial charge in [0.05, 0.1) is 31.6 Å². The van der Waals surface area contributed by atoms with Crippen molar-refractivity contribution in [3.05, 3.63) is 37.3 Å². The van der Waals surface area contributed by atoms with Gasteiger partial charge in [-0.2, -0.15) is 5.10 Å². The molecule has 0 saturated heterocycles. The molecule has 9 nitrogen and oxygen atoms in total. The zero-order chi connectivity index (χ0) is 16.3. The highest BCUT2D eigenvalue weighted by Crippen LogP contribution is 2.33. The van der Waals surface area contributed by atoms with Crippen LogP contribution in [0.5, 0.6) is 0 Å². The summed E-state index contributed by atoms with van der Waals surface area (Å²) in [5.74, 6) is -0.579. The lowest BCUT2D eigenvalue weighted by molar-refractivity contribution is -0.394. The predicted molar refractivity (Wildman–Crippen MR) is 82.7 cm³/mol. The van der Waals surface area contributed by atoms with Crippen LogP contribution in [0.2, 0.25) is 15.1 Å². The lowest BCUT2D eigenvalue weighted by Gasteiger charge is -2.07. The topological polar surface area (TPSA) is 111 Å². The third-order valence-corrected chi connectivity index (χ3v) is 3.16. The summed E-state index contributed by atoms with van der Waals surface area (Å²) >= 11 is 17.8. The van der Waals surface area contributed by atoms with Crippen LogP contribution in [0.1, 0.15) is 6.92 Å². The quantitative estimate of drug-likeness (QED) is 0.496. The molecule has 1 aromatic heterocycles.